The van der Waals surface area contributed by atoms with Crippen molar-refractivity contribution in [3.05, 3.63) is 47.6 Å². The lowest BCUT2D eigenvalue weighted by Gasteiger charge is -2.34. The number of nitrogens with zero attached hydrogens (tertiary/aromatic N) is 3. The monoisotopic (exact) mass is 412 g/mol. The number of piperidine rings is 1. The van der Waals surface area contributed by atoms with Crippen LogP contribution in [0.25, 0.3) is 10.2 Å². The van der Waals surface area contributed by atoms with Crippen LogP contribution in [0, 0.1) is 0 Å². The summed E-state index contributed by atoms with van der Waals surface area (Å²) < 4.78 is 11.6. The van der Waals surface area contributed by atoms with Gasteiger partial charge in [-0.15, -0.1) is 11.3 Å². The molecule has 1 aromatic carbocycles. The predicted octanol–water partition coefficient (Wildman–Crippen LogP) is 4.48. The summed E-state index contributed by atoms with van der Waals surface area (Å²) in [6.45, 7) is 1.66. The average molecular weight is 413 g/mol. The summed E-state index contributed by atoms with van der Waals surface area (Å²) in [5.41, 5.74) is 1.63. The van der Waals surface area contributed by atoms with E-state index in [0.29, 0.717) is 24.8 Å². The number of nitrogens with one attached hydrogen (secondary N) is 1. The fourth-order valence-corrected chi connectivity index (χ4v) is 4.54. The van der Waals surface area contributed by atoms with Crippen molar-refractivity contribution in [2.24, 2.45) is 0 Å². The maximum Gasteiger partial charge on any atom is 0.322 e. The number of rotatable bonds is 6. The van der Waals surface area contributed by atoms with E-state index in [0.717, 1.165) is 41.0 Å². The van der Waals surface area contributed by atoms with Gasteiger partial charge in [0.1, 0.15) is 11.6 Å². The number of carbonyl (C=O) groups is 1. The second-order valence-corrected chi connectivity index (χ2v) is 7.94. The largest absolute Gasteiger partial charge is 0.475 e. The second kappa shape index (κ2) is 9.19. The lowest BCUT2D eigenvalue weighted by molar-refractivity contribution is 0.144. The van der Waals surface area contributed by atoms with Crippen molar-refractivity contribution < 1.29 is 14.3 Å². The van der Waals surface area contributed by atoms with Crippen molar-refractivity contribution in [2.75, 3.05) is 32.2 Å². The molecule has 0 aliphatic carbocycles. The van der Waals surface area contributed by atoms with Gasteiger partial charge in [0.2, 0.25) is 5.88 Å². The number of hydrogen-bond donors (Lipinski definition) is 1. The van der Waals surface area contributed by atoms with E-state index in [2.05, 4.69) is 16.4 Å². The minimum absolute atomic E-state index is 0.00533. The van der Waals surface area contributed by atoms with E-state index in [1.807, 2.05) is 23.1 Å². The Balaban J connectivity index is 1.44. The molecule has 1 N–H and O–H groups in total. The Kier molecular flexibility index (Phi) is 6.21. The van der Waals surface area contributed by atoms with E-state index in [1.165, 1.54) is 0 Å². The molecule has 8 heteroatoms. The van der Waals surface area contributed by atoms with Crippen molar-refractivity contribution in [2.45, 2.75) is 25.3 Å². The van der Waals surface area contributed by atoms with Gasteiger partial charge in [-0.25, -0.2) is 14.8 Å². The molecule has 152 valence electrons. The summed E-state index contributed by atoms with van der Waals surface area (Å²) in [4.78, 5) is 23.9. The fraction of sp³-hybridized carbons (Fsp3) is 0.381. The molecule has 29 heavy (non-hydrogen) atoms. The van der Waals surface area contributed by atoms with Crippen LogP contribution in [0.4, 0.5) is 10.5 Å². The van der Waals surface area contributed by atoms with E-state index in [-0.39, 0.29) is 12.1 Å². The first-order chi connectivity index (χ1) is 14.2. The number of fused-ring (bicyclic) bond motifs is 1. The lowest BCUT2D eigenvalue weighted by Crippen LogP contribution is -2.41. The van der Waals surface area contributed by atoms with Crippen molar-refractivity contribution in [1.29, 1.82) is 0 Å². The number of methoxy groups -OCH3 is 1. The molecule has 1 aliphatic rings. The number of anilines is 1. The van der Waals surface area contributed by atoms with Crippen molar-refractivity contribution >= 4 is 33.3 Å². The number of likely N-dealkylation sites (tertiary alicyclic amines) is 1. The van der Waals surface area contributed by atoms with Crippen LogP contribution < -0.4 is 10.1 Å². The first-order valence-electron chi connectivity index (χ1n) is 9.75. The van der Waals surface area contributed by atoms with Gasteiger partial charge in [-0.3, -0.25) is 0 Å². The predicted molar refractivity (Wildman–Crippen MR) is 114 cm³/mol. The molecular formula is C21H24N4O3S. The smallest absolute Gasteiger partial charge is 0.322 e. The zero-order valence-electron chi connectivity index (χ0n) is 16.3. The van der Waals surface area contributed by atoms with E-state index in [1.54, 1.807) is 36.8 Å². The van der Waals surface area contributed by atoms with E-state index < -0.39 is 0 Å². The number of ether oxygens (including phenoxy) is 2. The molecule has 7 nitrogen and oxygen atoms in total. The van der Waals surface area contributed by atoms with Crippen molar-refractivity contribution in [3.8, 4) is 5.88 Å². The molecule has 4 rings (SSSR count). The van der Waals surface area contributed by atoms with Crippen LogP contribution in [0.5, 0.6) is 5.88 Å². The summed E-state index contributed by atoms with van der Waals surface area (Å²) in [5.74, 6) is 0.505. The Morgan fingerprint density at radius 2 is 2.14 bits per heavy atom. The molecule has 2 amide bonds. The highest BCUT2D eigenvalue weighted by molar-refractivity contribution is 7.18. The minimum atomic E-state index is -0.121. The first kappa shape index (κ1) is 19.6. The average Bonchev–Trinajstić information content (AvgIpc) is 3.19. The molecule has 1 saturated heterocycles. The number of benzene rings is 1. The standard InChI is InChI=1S/C21H24N4O3S/c1-27-12-13-28-19-10-9-15(14-22-19)23-21(26)25-11-5-4-7-17(25)20-24-16-6-2-3-8-18(16)29-20/h2-3,6,8-10,14,17H,4-5,7,11-13H2,1H3,(H,23,26)/t17-/m1/s1. The van der Waals surface area contributed by atoms with Crippen LogP contribution in [0.15, 0.2) is 42.6 Å². The molecule has 0 bridgehead atoms. The molecule has 0 saturated carbocycles. The van der Waals surface area contributed by atoms with Crippen molar-refractivity contribution in [1.82, 2.24) is 14.9 Å². The van der Waals surface area contributed by atoms with Gasteiger partial charge in [0.25, 0.3) is 0 Å². The number of thiazole rings is 1. The van der Waals surface area contributed by atoms with Gasteiger partial charge in [0, 0.05) is 19.7 Å². The number of para-hydroxylation sites is 1. The summed E-state index contributed by atoms with van der Waals surface area (Å²) in [6, 6.07) is 11.5. The van der Waals surface area contributed by atoms with Crippen LogP contribution >= 0.6 is 11.3 Å². The highest BCUT2D eigenvalue weighted by Gasteiger charge is 2.30. The Morgan fingerprint density at radius 1 is 1.24 bits per heavy atom. The normalized spacial score (nSPS) is 16.7. The number of aromatic nitrogens is 2. The SMILES string of the molecule is COCCOc1ccc(NC(=O)N2CCCC[C@@H]2c2nc3ccccc3s2)cn1. The van der Waals surface area contributed by atoms with Gasteiger partial charge >= 0.3 is 6.03 Å². The molecular weight excluding hydrogens is 388 g/mol. The molecule has 2 aromatic heterocycles. The van der Waals surface area contributed by atoms with E-state index >= 15 is 0 Å². The quantitative estimate of drug-likeness (QED) is 0.604. The molecule has 3 heterocycles. The third-order valence-corrected chi connectivity index (χ3v) is 6.02. The Morgan fingerprint density at radius 3 is 2.93 bits per heavy atom. The number of pyridine rings is 1. The van der Waals surface area contributed by atoms with Gasteiger partial charge in [0.05, 0.1) is 34.7 Å². The summed E-state index contributed by atoms with van der Waals surface area (Å²) in [6.07, 6.45) is 4.63. The highest BCUT2D eigenvalue weighted by atomic mass is 32.1. The Bertz CT molecular complexity index is 927. The molecule has 0 unspecified atom stereocenters. The van der Waals surface area contributed by atoms with Crippen molar-refractivity contribution in [3.63, 3.8) is 0 Å². The molecule has 1 atom stereocenters. The third-order valence-electron chi connectivity index (χ3n) is 4.88. The minimum Gasteiger partial charge on any atom is -0.475 e. The molecule has 1 aliphatic heterocycles. The summed E-state index contributed by atoms with van der Waals surface area (Å²) in [5, 5.41) is 3.96. The highest BCUT2D eigenvalue weighted by Crippen LogP contribution is 2.35. The summed E-state index contributed by atoms with van der Waals surface area (Å²) >= 11 is 1.67. The zero-order chi connectivity index (χ0) is 20.1. The molecule has 0 radical (unpaired) electrons. The zero-order valence-corrected chi connectivity index (χ0v) is 17.2. The first-order valence-corrected chi connectivity index (χ1v) is 10.6. The number of amides is 2. The van der Waals surface area contributed by atoms with E-state index in [4.69, 9.17) is 14.5 Å². The van der Waals surface area contributed by atoms with Gasteiger partial charge in [0.15, 0.2) is 0 Å². The van der Waals surface area contributed by atoms with Gasteiger partial charge in [-0.05, 0) is 37.5 Å². The van der Waals surface area contributed by atoms with Crippen LogP contribution in [-0.2, 0) is 4.74 Å². The van der Waals surface area contributed by atoms with Crippen LogP contribution in [0.1, 0.15) is 30.3 Å². The number of carbonyl (C=O) groups excluding carboxylic acids is 1. The van der Waals surface area contributed by atoms with Gasteiger partial charge in [-0.2, -0.15) is 0 Å². The van der Waals surface area contributed by atoms with Crippen LogP contribution in [0.2, 0.25) is 0 Å². The molecule has 0 spiro atoms. The Hall–Kier alpha value is -2.71. The van der Waals surface area contributed by atoms with E-state index in [9.17, 15) is 4.79 Å². The van der Waals surface area contributed by atoms with Gasteiger partial charge in [-0.1, -0.05) is 12.1 Å². The van der Waals surface area contributed by atoms with Crippen LogP contribution in [0.3, 0.4) is 0 Å². The maximum atomic E-state index is 13.0. The summed E-state index contributed by atoms with van der Waals surface area (Å²) in [7, 11) is 1.62. The third kappa shape index (κ3) is 4.65. The second-order valence-electron chi connectivity index (χ2n) is 6.88. The van der Waals surface area contributed by atoms with Gasteiger partial charge < -0.3 is 19.7 Å². The number of urea groups is 1. The number of hydrogen-bond acceptors (Lipinski definition) is 6. The maximum absolute atomic E-state index is 13.0. The topological polar surface area (TPSA) is 76.6 Å². The van der Waals surface area contributed by atoms with Crippen LogP contribution in [-0.4, -0.2) is 47.8 Å². The fourth-order valence-electron chi connectivity index (χ4n) is 3.43. The molecule has 1 fully saturated rings. The molecule has 3 aromatic rings. The Labute approximate surface area is 173 Å². The lowest BCUT2D eigenvalue weighted by atomic mass is 10.0.